The van der Waals surface area contributed by atoms with Crippen molar-refractivity contribution in [2.45, 2.75) is 45.8 Å². The van der Waals surface area contributed by atoms with Gasteiger partial charge >= 0.3 is 0 Å². The zero-order valence-corrected chi connectivity index (χ0v) is 21.8. The number of nitrogens with zero attached hydrogens (tertiary/aromatic N) is 3. The highest BCUT2D eigenvalue weighted by Gasteiger charge is 2.37. The fraction of sp³-hybridized carbons (Fsp3) is 0.233. The summed E-state index contributed by atoms with van der Waals surface area (Å²) in [5, 5.41) is 11.4. The first-order valence-electron chi connectivity index (χ1n) is 12.9. The molecule has 40 heavy (non-hydrogen) atoms. The molecule has 1 atom stereocenters. The number of rotatable bonds is 3. The van der Waals surface area contributed by atoms with E-state index >= 15 is 0 Å². The van der Waals surface area contributed by atoms with Gasteiger partial charge in [-0.25, -0.2) is 27.5 Å². The second-order valence-corrected chi connectivity index (χ2v) is 9.33. The third-order valence-electron chi connectivity index (χ3n) is 7.04. The molecule has 0 fully saturated rings. The number of carbonyl (C=O) groups excluding carboxylic acids is 1. The number of amides is 1. The van der Waals surface area contributed by atoms with Crippen LogP contribution in [0.25, 0.3) is 11.3 Å². The van der Waals surface area contributed by atoms with Crippen LogP contribution < -0.4 is 10.6 Å². The number of halogens is 4. The van der Waals surface area contributed by atoms with Crippen molar-refractivity contribution in [3.63, 3.8) is 0 Å². The van der Waals surface area contributed by atoms with Gasteiger partial charge in [0.15, 0.2) is 29.1 Å². The fourth-order valence-electron chi connectivity index (χ4n) is 5.10. The lowest BCUT2D eigenvalue weighted by atomic mass is 9.90. The van der Waals surface area contributed by atoms with E-state index in [2.05, 4.69) is 4.98 Å². The Morgan fingerprint density at radius 1 is 0.900 bits per heavy atom. The SMILES string of the molecule is CC.Nc1ccc2c(c1)CCc1nc(N3Cc4c(F)c(F)c(F)c(F)c4CC3=O)c(C(O)c3ccccc3)nc1-2. The van der Waals surface area contributed by atoms with E-state index in [1.807, 2.05) is 26.0 Å². The summed E-state index contributed by atoms with van der Waals surface area (Å²) in [6.45, 7) is 3.39. The molecule has 0 saturated heterocycles. The number of aliphatic hydroxyl groups is 1. The Morgan fingerprint density at radius 2 is 1.57 bits per heavy atom. The molecule has 6 nitrogen and oxygen atoms in total. The maximum absolute atomic E-state index is 14.7. The van der Waals surface area contributed by atoms with Gasteiger partial charge in [-0.3, -0.25) is 9.69 Å². The molecule has 2 aliphatic rings. The van der Waals surface area contributed by atoms with Crippen LogP contribution in [0.15, 0.2) is 48.5 Å². The van der Waals surface area contributed by atoms with E-state index in [9.17, 15) is 27.5 Å². The Bertz CT molecular complexity index is 1630. The Balaban J connectivity index is 0.00000158. The summed E-state index contributed by atoms with van der Waals surface area (Å²) >= 11 is 0. The van der Waals surface area contributed by atoms with Crippen molar-refractivity contribution in [2.75, 3.05) is 10.6 Å². The highest BCUT2D eigenvalue weighted by Crippen LogP contribution is 2.39. The van der Waals surface area contributed by atoms with Gasteiger partial charge in [-0.1, -0.05) is 50.2 Å². The van der Waals surface area contributed by atoms with E-state index in [1.165, 1.54) is 0 Å². The van der Waals surface area contributed by atoms with Crippen LogP contribution in [0.3, 0.4) is 0 Å². The average molecular weight is 551 g/mol. The number of nitrogen functional groups attached to an aromatic ring is 1. The maximum Gasteiger partial charge on any atom is 0.233 e. The summed E-state index contributed by atoms with van der Waals surface area (Å²) in [6.07, 6.45) is -0.987. The van der Waals surface area contributed by atoms with Crippen molar-refractivity contribution in [1.82, 2.24) is 9.97 Å². The summed E-state index contributed by atoms with van der Waals surface area (Å²) in [6, 6.07) is 13.9. The minimum absolute atomic E-state index is 0.0138. The standard InChI is InChI=1S/C28H20F4N4O2.C2H6/c29-21-17-11-20(37)36(12-18(17)22(30)24(32)23(21)31)28-26(27(38)13-4-2-1-3-5-13)35-25-16-8-7-15(33)10-14(16)6-9-19(25)34-28;1-2/h1-5,7-8,10,27,38H,6,9,11-12,33H2;1-2H3. The van der Waals surface area contributed by atoms with Crippen LogP contribution in [0.4, 0.5) is 29.1 Å². The third-order valence-corrected chi connectivity index (χ3v) is 7.04. The predicted molar refractivity (Wildman–Crippen MR) is 142 cm³/mol. The van der Waals surface area contributed by atoms with Crippen LogP contribution in [-0.4, -0.2) is 21.0 Å². The summed E-state index contributed by atoms with van der Waals surface area (Å²) in [5.41, 5.74) is 8.78. The van der Waals surface area contributed by atoms with Crippen molar-refractivity contribution in [3.05, 3.63) is 105 Å². The second kappa shape index (κ2) is 10.7. The van der Waals surface area contributed by atoms with Crippen LogP contribution in [0.1, 0.15) is 53.6 Å². The molecule has 3 aromatic carbocycles. The molecule has 0 radical (unpaired) electrons. The fourth-order valence-corrected chi connectivity index (χ4v) is 5.10. The van der Waals surface area contributed by atoms with Crippen molar-refractivity contribution >= 4 is 17.4 Å². The quantitative estimate of drug-likeness (QED) is 0.150. The lowest BCUT2D eigenvalue weighted by Crippen LogP contribution is -2.39. The van der Waals surface area contributed by atoms with Crippen LogP contribution in [0.2, 0.25) is 0 Å². The van der Waals surface area contributed by atoms with Crippen LogP contribution in [0, 0.1) is 23.3 Å². The van der Waals surface area contributed by atoms with Gasteiger partial charge in [0.05, 0.1) is 24.4 Å². The normalized spacial score (nSPS) is 14.5. The van der Waals surface area contributed by atoms with E-state index < -0.39 is 59.4 Å². The molecule has 0 spiro atoms. The van der Waals surface area contributed by atoms with Crippen molar-refractivity contribution < 1.29 is 27.5 Å². The molecule has 206 valence electrons. The molecule has 1 aliphatic heterocycles. The summed E-state index contributed by atoms with van der Waals surface area (Å²) in [7, 11) is 0. The number of aryl methyl sites for hydroxylation is 2. The number of fused-ring (bicyclic) bond motifs is 4. The predicted octanol–water partition coefficient (Wildman–Crippen LogP) is 5.58. The Morgan fingerprint density at radius 3 is 2.27 bits per heavy atom. The minimum atomic E-state index is -1.96. The largest absolute Gasteiger partial charge is 0.399 e. The Hall–Kier alpha value is -4.31. The zero-order valence-electron chi connectivity index (χ0n) is 21.8. The first kappa shape index (κ1) is 27.3. The highest BCUT2D eigenvalue weighted by atomic mass is 19.2. The maximum atomic E-state index is 14.7. The van der Waals surface area contributed by atoms with Crippen molar-refractivity contribution in [1.29, 1.82) is 0 Å². The summed E-state index contributed by atoms with van der Waals surface area (Å²) in [4.78, 5) is 23.7. The number of aliphatic hydroxyl groups excluding tert-OH is 1. The zero-order chi connectivity index (χ0) is 28.7. The van der Waals surface area contributed by atoms with Gasteiger partial charge in [0.25, 0.3) is 0 Å². The van der Waals surface area contributed by atoms with Gasteiger partial charge in [-0.05, 0) is 36.1 Å². The van der Waals surface area contributed by atoms with Crippen molar-refractivity contribution in [2.24, 2.45) is 0 Å². The van der Waals surface area contributed by atoms with Gasteiger partial charge in [-0.2, -0.15) is 0 Å². The summed E-state index contributed by atoms with van der Waals surface area (Å²) < 4.78 is 57.0. The first-order chi connectivity index (χ1) is 19.2. The minimum Gasteiger partial charge on any atom is -0.399 e. The van der Waals surface area contributed by atoms with E-state index in [0.29, 0.717) is 35.5 Å². The van der Waals surface area contributed by atoms with E-state index in [-0.39, 0.29) is 11.5 Å². The number of anilines is 2. The molecule has 2 heterocycles. The molecule has 6 rings (SSSR count). The third kappa shape index (κ3) is 4.48. The molecule has 4 aromatic rings. The number of carbonyl (C=O) groups is 1. The van der Waals surface area contributed by atoms with Gasteiger partial charge in [-0.15, -0.1) is 0 Å². The molecule has 10 heteroatoms. The smallest absolute Gasteiger partial charge is 0.233 e. The number of nitrogens with two attached hydrogens (primary N) is 1. The second-order valence-electron chi connectivity index (χ2n) is 9.33. The molecule has 1 aromatic heterocycles. The number of aromatic nitrogens is 2. The topological polar surface area (TPSA) is 92.3 Å². The number of hydrogen-bond donors (Lipinski definition) is 2. The van der Waals surface area contributed by atoms with E-state index in [4.69, 9.17) is 10.7 Å². The lowest BCUT2D eigenvalue weighted by Gasteiger charge is -2.32. The van der Waals surface area contributed by atoms with Gasteiger partial charge < -0.3 is 10.8 Å². The van der Waals surface area contributed by atoms with Gasteiger partial charge in [0.2, 0.25) is 5.91 Å². The van der Waals surface area contributed by atoms with Crippen LogP contribution >= 0.6 is 0 Å². The van der Waals surface area contributed by atoms with E-state index in [1.54, 1.807) is 36.4 Å². The summed E-state index contributed by atoms with van der Waals surface area (Å²) in [5.74, 6) is -7.85. The van der Waals surface area contributed by atoms with Gasteiger partial charge in [0.1, 0.15) is 11.8 Å². The van der Waals surface area contributed by atoms with Crippen LogP contribution in [-0.2, 0) is 30.6 Å². The van der Waals surface area contributed by atoms with Crippen LogP contribution in [0.5, 0.6) is 0 Å². The Labute approximate surface area is 228 Å². The molecule has 1 aliphatic carbocycles. The van der Waals surface area contributed by atoms with Crippen molar-refractivity contribution in [3.8, 4) is 11.3 Å². The first-order valence-corrected chi connectivity index (χ1v) is 12.9. The molecule has 1 unspecified atom stereocenters. The Kier molecular flexibility index (Phi) is 7.29. The molecule has 1 amide bonds. The number of hydrogen-bond acceptors (Lipinski definition) is 5. The monoisotopic (exact) mass is 550 g/mol. The lowest BCUT2D eigenvalue weighted by molar-refractivity contribution is -0.118. The molecule has 3 N–H and O–H groups in total. The average Bonchev–Trinajstić information content (AvgIpc) is 2.99. The molecule has 0 bridgehead atoms. The molecular weight excluding hydrogens is 524 g/mol. The molecular formula is C30H26F4N4O2. The number of benzene rings is 3. The van der Waals surface area contributed by atoms with E-state index in [0.717, 1.165) is 16.0 Å². The molecule has 0 saturated carbocycles. The van der Waals surface area contributed by atoms with Gasteiger partial charge in [0, 0.05) is 22.4 Å². The highest BCUT2D eigenvalue weighted by molar-refractivity contribution is 5.96.